The van der Waals surface area contributed by atoms with Crippen LogP contribution in [0.15, 0.2) is 41.3 Å². The van der Waals surface area contributed by atoms with E-state index in [0.29, 0.717) is 11.8 Å². The molecule has 2 aromatic rings. The van der Waals surface area contributed by atoms with Crippen LogP contribution in [0, 0.1) is 11.6 Å². The number of hydrogen-bond acceptors (Lipinski definition) is 5. The van der Waals surface area contributed by atoms with Gasteiger partial charge in [0.15, 0.2) is 11.5 Å². The van der Waals surface area contributed by atoms with Crippen molar-refractivity contribution < 1.29 is 31.5 Å². The summed E-state index contributed by atoms with van der Waals surface area (Å²) in [5, 5.41) is 2.20. The maximum Gasteiger partial charge on any atom is 0.242 e. The molecule has 0 fully saturated rings. The summed E-state index contributed by atoms with van der Waals surface area (Å²) in [4.78, 5) is 12.0. The highest BCUT2D eigenvalue weighted by molar-refractivity contribution is 7.89. The third-order valence-corrected chi connectivity index (χ3v) is 5.12. The first-order valence-electron chi connectivity index (χ1n) is 7.68. The molecular formula is C17H18F2N2O5S. The second kappa shape index (κ2) is 8.31. The molecule has 0 aliphatic carbocycles. The van der Waals surface area contributed by atoms with Crippen molar-refractivity contribution >= 4 is 21.6 Å². The zero-order chi connectivity index (χ0) is 20.2. The number of methoxy groups -OCH3 is 2. The molecule has 0 heterocycles. The second-order valence-electron chi connectivity index (χ2n) is 5.47. The molecule has 0 unspecified atom stereocenters. The molecule has 0 spiro atoms. The lowest BCUT2D eigenvalue weighted by Gasteiger charge is -2.16. The quantitative estimate of drug-likeness (QED) is 0.744. The number of hydrogen-bond donors (Lipinski definition) is 2. The number of halogens is 2. The number of sulfonamides is 1. The molecule has 2 N–H and O–H groups in total. The molecule has 0 bridgehead atoms. The van der Waals surface area contributed by atoms with Crippen molar-refractivity contribution in [3.63, 3.8) is 0 Å². The minimum Gasteiger partial charge on any atom is -0.493 e. The highest BCUT2D eigenvalue weighted by Crippen LogP contribution is 2.29. The Morgan fingerprint density at radius 2 is 1.70 bits per heavy atom. The SMILES string of the molecule is COc1ccc(S(=O)(=O)N[C@@H](C)C(=O)Nc2ccc(F)cc2F)cc1OC. The lowest BCUT2D eigenvalue weighted by atomic mass is 10.2. The number of carbonyl (C=O) groups is 1. The van der Waals surface area contributed by atoms with E-state index >= 15 is 0 Å². The normalized spacial score (nSPS) is 12.3. The van der Waals surface area contributed by atoms with Crippen LogP contribution in [0.25, 0.3) is 0 Å². The number of amides is 1. The second-order valence-corrected chi connectivity index (χ2v) is 7.19. The monoisotopic (exact) mass is 400 g/mol. The van der Waals surface area contributed by atoms with Crippen molar-refractivity contribution in [1.29, 1.82) is 0 Å². The first-order valence-corrected chi connectivity index (χ1v) is 9.16. The number of carbonyl (C=O) groups excluding carboxylic acids is 1. The molecule has 10 heteroatoms. The van der Waals surface area contributed by atoms with Gasteiger partial charge in [0.25, 0.3) is 0 Å². The lowest BCUT2D eigenvalue weighted by Crippen LogP contribution is -2.41. The summed E-state index contributed by atoms with van der Waals surface area (Å²) in [7, 11) is -1.31. The molecule has 2 aromatic carbocycles. The molecule has 7 nitrogen and oxygen atoms in total. The Morgan fingerprint density at radius 3 is 2.30 bits per heavy atom. The maximum absolute atomic E-state index is 13.6. The summed E-state index contributed by atoms with van der Waals surface area (Å²) in [5.74, 6) is -2.05. The average Bonchev–Trinajstić information content (AvgIpc) is 2.62. The molecule has 27 heavy (non-hydrogen) atoms. The maximum atomic E-state index is 13.6. The number of rotatable bonds is 7. The van der Waals surface area contributed by atoms with E-state index in [-0.39, 0.29) is 16.3 Å². The van der Waals surface area contributed by atoms with Crippen molar-refractivity contribution in [2.45, 2.75) is 17.9 Å². The Balaban J connectivity index is 2.15. The minimum atomic E-state index is -4.07. The van der Waals surface area contributed by atoms with E-state index < -0.39 is 33.6 Å². The summed E-state index contributed by atoms with van der Waals surface area (Å²) >= 11 is 0. The number of anilines is 1. The molecule has 0 aromatic heterocycles. The van der Waals surface area contributed by atoms with Gasteiger partial charge in [-0.05, 0) is 31.2 Å². The van der Waals surface area contributed by atoms with Crippen LogP contribution in [0.1, 0.15) is 6.92 Å². The first-order chi connectivity index (χ1) is 12.7. The minimum absolute atomic E-state index is 0.146. The summed E-state index contributed by atoms with van der Waals surface area (Å²) in [6, 6.07) is 5.32. The molecule has 0 saturated carbocycles. The Hall–Kier alpha value is -2.72. The fraction of sp³-hybridized carbons (Fsp3) is 0.235. The van der Waals surface area contributed by atoms with Gasteiger partial charge in [0.1, 0.15) is 11.6 Å². The Kier molecular flexibility index (Phi) is 6.34. The van der Waals surface area contributed by atoms with Gasteiger partial charge in [-0.15, -0.1) is 0 Å². The van der Waals surface area contributed by atoms with E-state index in [4.69, 9.17) is 9.47 Å². The van der Waals surface area contributed by atoms with Crippen molar-refractivity contribution in [2.24, 2.45) is 0 Å². The smallest absolute Gasteiger partial charge is 0.242 e. The summed E-state index contributed by atoms with van der Waals surface area (Å²) in [6.45, 7) is 1.29. The van der Waals surface area contributed by atoms with Gasteiger partial charge in [0.2, 0.25) is 15.9 Å². The van der Waals surface area contributed by atoms with Gasteiger partial charge in [-0.2, -0.15) is 4.72 Å². The fourth-order valence-corrected chi connectivity index (χ4v) is 3.39. The van der Waals surface area contributed by atoms with Crippen molar-refractivity contribution in [2.75, 3.05) is 19.5 Å². The topological polar surface area (TPSA) is 93.7 Å². The number of benzene rings is 2. The van der Waals surface area contributed by atoms with E-state index in [1.807, 2.05) is 0 Å². The lowest BCUT2D eigenvalue weighted by molar-refractivity contribution is -0.117. The molecule has 0 radical (unpaired) electrons. The van der Waals surface area contributed by atoms with Gasteiger partial charge in [0, 0.05) is 12.1 Å². The zero-order valence-electron chi connectivity index (χ0n) is 14.7. The molecular weight excluding hydrogens is 382 g/mol. The number of ether oxygens (including phenoxy) is 2. The molecule has 0 aliphatic rings. The van der Waals surface area contributed by atoms with E-state index in [2.05, 4.69) is 10.0 Å². The highest BCUT2D eigenvalue weighted by Gasteiger charge is 2.24. The summed E-state index contributed by atoms with van der Waals surface area (Å²) in [5.41, 5.74) is -0.265. The molecule has 2 rings (SSSR count). The van der Waals surface area contributed by atoms with Crippen molar-refractivity contribution in [1.82, 2.24) is 4.72 Å². The van der Waals surface area contributed by atoms with Crippen molar-refractivity contribution in [3.05, 3.63) is 48.0 Å². The van der Waals surface area contributed by atoms with Crippen LogP contribution in [0.5, 0.6) is 11.5 Å². The third-order valence-electron chi connectivity index (χ3n) is 3.58. The molecule has 1 atom stereocenters. The first kappa shape index (κ1) is 20.6. The van der Waals surface area contributed by atoms with Crippen LogP contribution in [-0.4, -0.2) is 34.6 Å². The Morgan fingerprint density at radius 1 is 1.04 bits per heavy atom. The Labute approximate surface area is 155 Å². The van der Waals surface area contributed by atoms with Gasteiger partial charge < -0.3 is 14.8 Å². The van der Waals surface area contributed by atoms with Gasteiger partial charge in [-0.1, -0.05) is 0 Å². The van der Waals surface area contributed by atoms with E-state index in [1.54, 1.807) is 0 Å². The number of nitrogens with one attached hydrogen (secondary N) is 2. The third kappa shape index (κ3) is 4.92. The fourth-order valence-electron chi connectivity index (χ4n) is 2.17. The van der Waals surface area contributed by atoms with Gasteiger partial charge in [-0.3, -0.25) is 4.79 Å². The van der Waals surface area contributed by atoms with Crippen LogP contribution >= 0.6 is 0 Å². The van der Waals surface area contributed by atoms with Crippen LogP contribution < -0.4 is 19.5 Å². The van der Waals surface area contributed by atoms with E-state index in [9.17, 15) is 22.0 Å². The van der Waals surface area contributed by atoms with Crippen LogP contribution in [0.3, 0.4) is 0 Å². The van der Waals surface area contributed by atoms with Crippen LogP contribution in [-0.2, 0) is 14.8 Å². The molecule has 0 aliphatic heterocycles. The predicted molar refractivity (Wildman–Crippen MR) is 94.3 cm³/mol. The van der Waals surface area contributed by atoms with E-state index in [1.165, 1.54) is 39.3 Å². The zero-order valence-corrected chi connectivity index (χ0v) is 15.6. The standard InChI is InChI=1S/C17H18F2N2O5S/c1-10(17(22)20-14-6-4-11(18)8-13(14)19)21-27(23,24)12-5-7-15(25-2)16(9-12)26-3/h4-10,21H,1-3H3,(H,20,22)/t10-/m0/s1. The Bertz CT molecular complexity index is 950. The predicted octanol–water partition coefficient (Wildman–Crippen LogP) is 2.29. The largest absolute Gasteiger partial charge is 0.493 e. The van der Waals surface area contributed by atoms with Crippen molar-refractivity contribution in [3.8, 4) is 11.5 Å². The van der Waals surface area contributed by atoms with Gasteiger partial charge in [0.05, 0.1) is 30.8 Å². The molecule has 146 valence electrons. The van der Waals surface area contributed by atoms with Crippen LogP contribution in [0.4, 0.5) is 14.5 Å². The molecule has 0 saturated heterocycles. The van der Waals surface area contributed by atoms with Gasteiger partial charge >= 0.3 is 0 Å². The summed E-state index contributed by atoms with van der Waals surface area (Å²) in [6.07, 6.45) is 0. The van der Waals surface area contributed by atoms with Gasteiger partial charge in [-0.25, -0.2) is 17.2 Å². The summed E-state index contributed by atoms with van der Waals surface area (Å²) < 4.78 is 63.7. The van der Waals surface area contributed by atoms with E-state index in [0.717, 1.165) is 12.1 Å². The molecule has 1 amide bonds. The van der Waals surface area contributed by atoms with Crippen LogP contribution in [0.2, 0.25) is 0 Å². The highest BCUT2D eigenvalue weighted by atomic mass is 32.2. The average molecular weight is 400 g/mol.